The number of methoxy groups -OCH3 is 1. The molecule has 0 saturated heterocycles. The first kappa shape index (κ1) is 16.3. The SMILES string of the molecule is COc1ccc(S(=O)(=O)N[C@@H]2CCSc3c(F)cccc32)cc1. The highest BCUT2D eigenvalue weighted by Gasteiger charge is 2.27. The molecule has 0 saturated carbocycles. The number of nitrogens with one attached hydrogen (secondary N) is 1. The van der Waals surface area contributed by atoms with Crippen molar-refractivity contribution in [2.75, 3.05) is 12.9 Å². The molecule has 2 aromatic rings. The molecule has 122 valence electrons. The maximum Gasteiger partial charge on any atom is 0.241 e. The normalized spacial score (nSPS) is 17.6. The van der Waals surface area contributed by atoms with Crippen LogP contribution in [-0.4, -0.2) is 21.3 Å². The van der Waals surface area contributed by atoms with Crippen molar-refractivity contribution in [3.63, 3.8) is 0 Å². The van der Waals surface area contributed by atoms with Gasteiger partial charge in [0.2, 0.25) is 10.0 Å². The van der Waals surface area contributed by atoms with E-state index in [2.05, 4.69) is 4.72 Å². The summed E-state index contributed by atoms with van der Waals surface area (Å²) >= 11 is 1.42. The fourth-order valence-electron chi connectivity index (χ4n) is 2.52. The van der Waals surface area contributed by atoms with Crippen molar-refractivity contribution >= 4 is 21.8 Å². The fourth-order valence-corrected chi connectivity index (χ4v) is 4.91. The first-order valence-electron chi connectivity index (χ1n) is 7.09. The molecule has 1 atom stereocenters. The molecule has 7 heteroatoms. The van der Waals surface area contributed by atoms with E-state index >= 15 is 0 Å². The summed E-state index contributed by atoms with van der Waals surface area (Å²) in [5.74, 6) is 0.954. The lowest BCUT2D eigenvalue weighted by atomic mass is 10.0. The van der Waals surface area contributed by atoms with Crippen LogP contribution in [0.2, 0.25) is 0 Å². The second-order valence-electron chi connectivity index (χ2n) is 5.14. The third kappa shape index (κ3) is 3.36. The van der Waals surface area contributed by atoms with E-state index in [1.807, 2.05) is 0 Å². The molecule has 0 spiro atoms. The van der Waals surface area contributed by atoms with Gasteiger partial charge in [-0.2, -0.15) is 0 Å². The standard InChI is InChI=1S/C16H16FNO3S2/c1-21-11-5-7-12(8-6-11)23(19,20)18-15-9-10-22-16-13(15)3-2-4-14(16)17/h2-8,15,18H,9-10H2,1H3/t15-/m1/s1. The highest BCUT2D eigenvalue weighted by atomic mass is 32.2. The number of halogens is 1. The molecule has 0 unspecified atom stereocenters. The Balaban J connectivity index is 1.88. The maximum atomic E-state index is 13.9. The average Bonchev–Trinajstić information content (AvgIpc) is 2.56. The largest absolute Gasteiger partial charge is 0.497 e. The zero-order chi connectivity index (χ0) is 16.4. The summed E-state index contributed by atoms with van der Waals surface area (Å²) in [4.78, 5) is 0.690. The first-order chi connectivity index (χ1) is 11.0. The summed E-state index contributed by atoms with van der Waals surface area (Å²) in [6, 6.07) is 10.5. The Morgan fingerprint density at radius 2 is 1.96 bits per heavy atom. The van der Waals surface area contributed by atoms with Crippen molar-refractivity contribution in [2.45, 2.75) is 22.3 Å². The van der Waals surface area contributed by atoms with Gasteiger partial charge in [-0.25, -0.2) is 17.5 Å². The minimum Gasteiger partial charge on any atom is -0.497 e. The van der Waals surface area contributed by atoms with Crippen LogP contribution >= 0.6 is 11.8 Å². The highest BCUT2D eigenvalue weighted by molar-refractivity contribution is 7.99. The summed E-state index contributed by atoms with van der Waals surface area (Å²) in [7, 11) is -2.16. The number of hydrogen-bond donors (Lipinski definition) is 1. The molecule has 4 nitrogen and oxygen atoms in total. The second-order valence-corrected chi connectivity index (χ2v) is 7.96. The van der Waals surface area contributed by atoms with E-state index in [1.165, 1.54) is 37.1 Å². The molecule has 0 radical (unpaired) electrons. The smallest absolute Gasteiger partial charge is 0.241 e. The lowest BCUT2D eigenvalue weighted by Gasteiger charge is -2.26. The van der Waals surface area contributed by atoms with Gasteiger partial charge in [0.1, 0.15) is 11.6 Å². The summed E-state index contributed by atoms with van der Waals surface area (Å²) < 4.78 is 46.7. The van der Waals surface area contributed by atoms with Gasteiger partial charge in [-0.3, -0.25) is 0 Å². The van der Waals surface area contributed by atoms with Crippen molar-refractivity contribution in [3.05, 3.63) is 53.8 Å². The van der Waals surface area contributed by atoms with Gasteiger partial charge in [-0.05, 0) is 48.1 Å². The van der Waals surface area contributed by atoms with Crippen molar-refractivity contribution < 1.29 is 17.5 Å². The van der Waals surface area contributed by atoms with Gasteiger partial charge < -0.3 is 4.74 Å². The van der Waals surface area contributed by atoms with Crippen LogP contribution in [0.15, 0.2) is 52.3 Å². The lowest BCUT2D eigenvalue weighted by Crippen LogP contribution is -2.31. The summed E-state index contributed by atoms with van der Waals surface area (Å²) in [6.45, 7) is 0. The van der Waals surface area contributed by atoms with E-state index < -0.39 is 16.1 Å². The van der Waals surface area contributed by atoms with Crippen LogP contribution in [0, 0.1) is 5.82 Å². The average molecular weight is 353 g/mol. The van der Waals surface area contributed by atoms with Crippen molar-refractivity contribution in [3.8, 4) is 5.75 Å². The Bertz CT molecular complexity index is 807. The van der Waals surface area contributed by atoms with Gasteiger partial charge in [0.25, 0.3) is 0 Å². The number of hydrogen-bond acceptors (Lipinski definition) is 4. The van der Waals surface area contributed by atoms with Crippen molar-refractivity contribution in [1.29, 1.82) is 0 Å². The van der Waals surface area contributed by atoms with Crippen LogP contribution < -0.4 is 9.46 Å². The molecule has 0 bridgehead atoms. The molecule has 1 aliphatic heterocycles. The van der Waals surface area contributed by atoms with Crippen LogP contribution in [0.4, 0.5) is 4.39 Å². The van der Waals surface area contributed by atoms with Gasteiger partial charge >= 0.3 is 0 Å². The number of fused-ring (bicyclic) bond motifs is 1. The van der Waals surface area contributed by atoms with Crippen LogP contribution in [0.3, 0.4) is 0 Å². The molecular formula is C16H16FNO3S2. The third-order valence-electron chi connectivity index (χ3n) is 3.69. The minimum atomic E-state index is -3.68. The Morgan fingerprint density at radius 1 is 1.22 bits per heavy atom. The number of thioether (sulfide) groups is 1. The Hall–Kier alpha value is -1.57. The molecule has 0 fully saturated rings. The highest BCUT2D eigenvalue weighted by Crippen LogP contribution is 2.38. The number of rotatable bonds is 4. The molecule has 1 N–H and O–H groups in total. The zero-order valence-corrected chi connectivity index (χ0v) is 14.1. The predicted octanol–water partition coefficient (Wildman–Crippen LogP) is 3.35. The fraction of sp³-hybridized carbons (Fsp3) is 0.250. The van der Waals surface area contributed by atoms with Crippen molar-refractivity contribution in [2.24, 2.45) is 0 Å². The zero-order valence-electron chi connectivity index (χ0n) is 12.5. The molecule has 1 heterocycles. The molecule has 0 aromatic heterocycles. The van der Waals surface area contributed by atoms with Crippen LogP contribution in [0.25, 0.3) is 0 Å². The maximum absolute atomic E-state index is 13.9. The number of benzene rings is 2. The number of ether oxygens (including phenoxy) is 1. The predicted molar refractivity (Wildman–Crippen MR) is 87.8 cm³/mol. The Morgan fingerprint density at radius 3 is 2.65 bits per heavy atom. The molecule has 0 amide bonds. The summed E-state index contributed by atoms with van der Waals surface area (Å²) in [5, 5.41) is 0. The second kappa shape index (κ2) is 6.51. The lowest BCUT2D eigenvalue weighted by molar-refractivity contribution is 0.414. The van der Waals surface area contributed by atoms with Crippen LogP contribution in [0.5, 0.6) is 5.75 Å². The molecule has 0 aliphatic carbocycles. The van der Waals surface area contributed by atoms with Crippen LogP contribution in [-0.2, 0) is 10.0 Å². The first-order valence-corrected chi connectivity index (χ1v) is 9.56. The van der Waals surface area contributed by atoms with Gasteiger partial charge in [0.05, 0.1) is 12.0 Å². The quantitative estimate of drug-likeness (QED) is 0.916. The minimum absolute atomic E-state index is 0.162. The molecule has 2 aromatic carbocycles. The topological polar surface area (TPSA) is 55.4 Å². The van der Waals surface area contributed by atoms with E-state index in [9.17, 15) is 12.8 Å². The summed E-state index contributed by atoms with van der Waals surface area (Å²) in [5.41, 5.74) is 0.693. The number of sulfonamides is 1. The van der Waals surface area contributed by atoms with Gasteiger partial charge in [0.15, 0.2) is 0 Å². The van der Waals surface area contributed by atoms with E-state index in [0.717, 1.165) is 0 Å². The molecular weight excluding hydrogens is 337 g/mol. The van der Waals surface area contributed by atoms with E-state index in [0.29, 0.717) is 28.4 Å². The Kier molecular flexibility index (Phi) is 4.61. The monoisotopic (exact) mass is 353 g/mol. The van der Waals surface area contributed by atoms with E-state index in [1.54, 1.807) is 24.3 Å². The van der Waals surface area contributed by atoms with E-state index in [-0.39, 0.29) is 10.7 Å². The van der Waals surface area contributed by atoms with Crippen molar-refractivity contribution in [1.82, 2.24) is 4.72 Å². The van der Waals surface area contributed by atoms with Gasteiger partial charge in [0, 0.05) is 10.9 Å². The van der Waals surface area contributed by atoms with E-state index in [4.69, 9.17) is 4.74 Å². The molecule has 23 heavy (non-hydrogen) atoms. The summed E-state index contributed by atoms with van der Waals surface area (Å²) in [6.07, 6.45) is 0.622. The third-order valence-corrected chi connectivity index (χ3v) is 6.34. The molecule has 3 rings (SSSR count). The van der Waals surface area contributed by atoms with Crippen LogP contribution in [0.1, 0.15) is 18.0 Å². The van der Waals surface area contributed by atoms with Gasteiger partial charge in [-0.15, -0.1) is 11.8 Å². The van der Waals surface area contributed by atoms with Gasteiger partial charge in [-0.1, -0.05) is 12.1 Å². The Labute approximate surface area is 139 Å². The molecule has 1 aliphatic rings.